The van der Waals surface area contributed by atoms with Gasteiger partial charge < -0.3 is 10.2 Å². The predicted octanol–water partition coefficient (Wildman–Crippen LogP) is 2.80. The second kappa shape index (κ2) is 7.82. The molecule has 0 unspecified atom stereocenters. The minimum absolute atomic E-state index is 0.00602. The monoisotopic (exact) mass is 382 g/mol. The maximum absolute atomic E-state index is 13.2. The molecule has 3 rings (SSSR count). The number of piperidine rings is 1. The van der Waals surface area contributed by atoms with Crippen LogP contribution in [0.15, 0.2) is 29.2 Å². The van der Waals surface area contributed by atoms with Crippen LogP contribution < -0.4 is 15.8 Å². The van der Waals surface area contributed by atoms with Crippen LogP contribution >= 0.6 is 11.6 Å². The first kappa shape index (κ1) is 18.3. The molecule has 9 heteroatoms. The van der Waals surface area contributed by atoms with Gasteiger partial charge in [-0.05, 0) is 31.4 Å². The van der Waals surface area contributed by atoms with E-state index in [1.165, 1.54) is 6.20 Å². The van der Waals surface area contributed by atoms with Crippen molar-refractivity contribution in [3.63, 3.8) is 0 Å². The van der Waals surface area contributed by atoms with Crippen LogP contribution in [-0.4, -0.2) is 28.8 Å². The largest absolute Gasteiger partial charge is 0.369 e. The lowest BCUT2D eigenvalue weighted by Gasteiger charge is -2.29. The number of benzene rings is 1. The molecule has 26 heavy (non-hydrogen) atoms. The lowest BCUT2D eigenvalue weighted by atomic mass is 10.1. The average Bonchev–Trinajstić information content (AvgIpc) is 2.59. The van der Waals surface area contributed by atoms with Crippen molar-refractivity contribution in [1.29, 1.82) is 0 Å². The molecular weight excluding hydrogens is 366 g/mol. The van der Waals surface area contributed by atoms with Gasteiger partial charge in [-0.25, -0.2) is 13.5 Å². The molecule has 0 radical (unpaired) electrons. The maximum atomic E-state index is 13.2. The molecule has 1 amide bonds. The smallest absolute Gasteiger partial charge is 0.288 e. The fourth-order valence-electron chi connectivity index (χ4n) is 2.89. The molecule has 0 spiro atoms. The standard InChI is InChI=1S/C17H17ClF2N4O2/c18-16-14(23-4-2-1-3-5-23)9-21-24(17(16)26)10-15(25)22-13-7-11(19)6-12(20)8-13/h6-9H,1-5,10H2,(H,22,25). The number of anilines is 2. The number of hydrogen-bond acceptors (Lipinski definition) is 4. The summed E-state index contributed by atoms with van der Waals surface area (Å²) in [5.74, 6) is -2.28. The molecule has 2 heterocycles. The normalized spacial score (nSPS) is 14.3. The highest BCUT2D eigenvalue weighted by molar-refractivity contribution is 6.33. The van der Waals surface area contributed by atoms with E-state index in [-0.39, 0.29) is 10.7 Å². The number of hydrogen-bond donors (Lipinski definition) is 1. The second-order valence-corrected chi connectivity index (χ2v) is 6.44. The third kappa shape index (κ3) is 4.19. The Labute approximate surface area is 153 Å². The lowest BCUT2D eigenvalue weighted by molar-refractivity contribution is -0.117. The molecular formula is C17H17ClF2N4O2. The summed E-state index contributed by atoms with van der Waals surface area (Å²) in [4.78, 5) is 26.4. The summed E-state index contributed by atoms with van der Waals surface area (Å²) in [5, 5.41) is 6.33. The van der Waals surface area contributed by atoms with Gasteiger partial charge >= 0.3 is 0 Å². The van der Waals surface area contributed by atoms with E-state index in [1.807, 2.05) is 4.90 Å². The van der Waals surface area contributed by atoms with E-state index in [0.717, 1.165) is 49.2 Å². The fourth-order valence-corrected chi connectivity index (χ4v) is 3.15. The maximum Gasteiger partial charge on any atom is 0.288 e. The van der Waals surface area contributed by atoms with Crippen LogP contribution in [0.2, 0.25) is 5.02 Å². The average molecular weight is 383 g/mol. The third-order valence-corrected chi connectivity index (χ3v) is 4.46. The first-order valence-electron chi connectivity index (χ1n) is 8.20. The molecule has 6 nitrogen and oxygen atoms in total. The van der Waals surface area contributed by atoms with Crippen LogP contribution in [0.1, 0.15) is 19.3 Å². The highest BCUT2D eigenvalue weighted by atomic mass is 35.5. The molecule has 1 saturated heterocycles. The number of aromatic nitrogens is 2. The summed E-state index contributed by atoms with van der Waals surface area (Å²) < 4.78 is 27.2. The molecule has 2 aromatic rings. The van der Waals surface area contributed by atoms with Crippen molar-refractivity contribution < 1.29 is 13.6 Å². The summed E-state index contributed by atoms with van der Waals surface area (Å²) in [6.07, 6.45) is 4.64. The Hall–Kier alpha value is -2.48. The number of amides is 1. The van der Waals surface area contributed by atoms with E-state index >= 15 is 0 Å². The Balaban J connectivity index is 1.74. The van der Waals surface area contributed by atoms with Crippen LogP contribution in [0.3, 0.4) is 0 Å². The molecule has 0 bridgehead atoms. The van der Waals surface area contributed by atoms with E-state index in [0.29, 0.717) is 11.8 Å². The number of nitrogens with one attached hydrogen (secondary N) is 1. The van der Waals surface area contributed by atoms with Gasteiger partial charge in [0.2, 0.25) is 5.91 Å². The number of carbonyl (C=O) groups is 1. The zero-order valence-electron chi connectivity index (χ0n) is 13.8. The lowest BCUT2D eigenvalue weighted by Crippen LogP contribution is -2.34. The van der Waals surface area contributed by atoms with Crippen molar-refractivity contribution in [1.82, 2.24) is 9.78 Å². The van der Waals surface area contributed by atoms with Gasteiger partial charge in [-0.2, -0.15) is 5.10 Å². The zero-order chi connectivity index (χ0) is 18.7. The SMILES string of the molecule is O=C(Cn1ncc(N2CCCCC2)c(Cl)c1=O)Nc1cc(F)cc(F)c1. The molecule has 1 aromatic heterocycles. The van der Waals surface area contributed by atoms with Gasteiger partial charge in [0.1, 0.15) is 23.2 Å². The highest BCUT2D eigenvalue weighted by Crippen LogP contribution is 2.24. The molecule has 1 N–H and O–H groups in total. The van der Waals surface area contributed by atoms with Crippen molar-refractivity contribution in [3.8, 4) is 0 Å². The Morgan fingerprint density at radius 2 is 1.81 bits per heavy atom. The molecule has 138 valence electrons. The van der Waals surface area contributed by atoms with Gasteiger partial charge in [-0.15, -0.1) is 0 Å². The molecule has 1 fully saturated rings. The number of carbonyl (C=O) groups excluding carboxylic acids is 1. The molecule has 1 aliphatic heterocycles. The van der Waals surface area contributed by atoms with Crippen molar-refractivity contribution in [2.75, 3.05) is 23.3 Å². The topological polar surface area (TPSA) is 67.2 Å². The van der Waals surface area contributed by atoms with Gasteiger partial charge in [0.25, 0.3) is 5.56 Å². The van der Waals surface area contributed by atoms with Gasteiger partial charge in [-0.3, -0.25) is 9.59 Å². The first-order chi connectivity index (χ1) is 12.4. The molecule has 1 aromatic carbocycles. The van der Waals surface area contributed by atoms with Gasteiger partial charge in [0.05, 0.1) is 11.9 Å². The van der Waals surface area contributed by atoms with Crippen molar-refractivity contribution in [3.05, 3.63) is 51.4 Å². The summed E-state index contributed by atoms with van der Waals surface area (Å²) >= 11 is 6.17. The van der Waals surface area contributed by atoms with Crippen LogP contribution in [0.4, 0.5) is 20.2 Å². The van der Waals surface area contributed by atoms with E-state index in [2.05, 4.69) is 10.4 Å². The molecule has 0 saturated carbocycles. The van der Waals surface area contributed by atoms with Gasteiger partial charge in [0, 0.05) is 24.8 Å². The quantitative estimate of drug-likeness (QED) is 0.883. The van der Waals surface area contributed by atoms with E-state index in [4.69, 9.17) is 11.6 Å². The summed E-state index contributed by atoms with van der Waals surface area (Å²) in [6, 6.07) is 2.65. The number of rotatable bonds is 4. The van der Waals surface area contributed by atoms with E-state index in [1.54, 1.807) is 0 Å². The Kier molecular flexibility index (Phi) is 5.51. The third-order valence-electron chi connectivity index (χ3n) is 4.10. The highest BCUT2D eigenvalue weighted by Gasteiger charge is 2.18. The number of halogens is 3. The molecule has 0 atom stereocenters. The van der Waals surface area contributed by atoms with E-state index in [9.17, 15) is 18.4 Å². The van der Waals surface area contributed by atoms with Crippen LogP contribution in [0, 0.1) is 11.6 Å². The fraction of sp³-hybridized carbons (Fsp3) is 0.353. The Morgan fingerprint density at radius 1 is 1.15 bits per heavy atom. The second-order valence-electron chi connectivity index (χ2n) is 6.06. The Bertz CT molecular complexity index is 861. The predicted molar refractivity (Wildman–Crippen MR) is 94.6 cm³/mol. The van der Waals surface area contributed by atoms with Crippen molar-refractivity contribution >= 4 is 28.9 Å². The van der Waals surface area contributed by atoms with Crippen LogP contribution in [-0.2, 0) is 11.3 Å². The first-order valence-corrected chi connectivity index (χ1v) is 8.58. The Morgan fingerprint density at radius 3 is 2.46 bits per heavy atom. The van der Waals surface area contributed by atoms with Gasteiger partial charge in [-0.1, -0.05) is 11.6 Å². The summed E-state index contributed by atoms with van der Waals surface area (Å²) in [7, 11) is 0. The van der Waals surface area contributed by atoms with Crippen molar-refractivity contribution in [2.24, 2.45) is 0 Å². The molecule has 1 aliphatic rings. The van der Waals surface area contributed by atoms with E-state index < -0.39 is 29.6 Å². The number of nitrogens with zero attached hydrogens (tertiary/aromatic N) is 3. The minimum atomic E-state index is -0.815. The van der Waals surface area contributed by atoms with Crippen molar-refractivity contribution in [2.45, 2.75) is 25.8 Å². The van der Waals surface area contributed by atoms with Crippen LogP contribution in [0.25, 0.3) is 0 Å². The molecule has 0 aliphatic carbocycles. The minimum Gasteiger partial charge on any atom is -0.369 e. The zero-order valence-corrected chi connectivity index (χ0v) is 14.6. The van der Waals surface area contributed by atoms with Gasteiger partial charge in [0.15, 0.2) is 0 Å². The van der Waals surface area contributed by atoms with Crippen LogP contribution in [0.5, 0.6) is 0 Å². The summed E-state index contributed by atoms with van der Waals surface area (Å²) in [6.45, 7) is 1.18. The summed E-state index contributed by atoms with van der Waals surface area (Å²) in [5.41, 5.74) is -0.0767.